The van der Waals surface area contributed by atoms with E-state index >= 15 is 0 Å². The van der Waals surface area contributed by atoms with Gasteiger partial charge in [0.1, 0.15) is 22.3 Å². The number of sulfonamides is 1. The van der Waals surface area contributed by atoms with Gasteiger partial charge in [0.05, 0.1) is 13.2 Å². The van der Waals surface area contributed by atoms with Gasteiger partial charge < -0.3 is 10.1 Å². The molecule has 2 aromatic rings. The number of hydrogen-bond acceptors (Lipinski definition) is 4. The molecule has 2 rings (SSSR count). The monoisotopic (exact) mass is 410 g/mol. The first kappa shape index (κ1) is 21.5. The van der Waals surface area contributed by atoms with Gasteiger partial charge in [-0.3, -0.25) is 4.79 Å². The molecular weight excluding hydrogens is 390 g/mol. The molecule has 0 aromatic heterocycles. The maximum Gasteiger partial charge on any atom is 0.244 e. The lowest BCUT2D eigenvalue weighted by Crippen LogP contribution is -2.25. The average molecular weight is 410 g/mol. The molecule has 0 aliphatic carbocycles. The van der Waals surface area contributed by atoms with Gasteiger partial charge in [0.15, 0.2) is 0 Å². The normalized spacial score (nSPS) is 12.8. The highest BCUT2D eigenvalue weighted by Gasteiger charge is 2.18. The van der Waals surface area contributed by atoms with E-state index in [1.54, 1.807) is 13.0 Å². The van der Waals surface area contributed by atoms with E-state index in [9.17, 15) is 22.0 Å². The van der Waals surface area contributed by atoms with Crippen molar-refractivity contribution in [2.75, 3.05) is 14.2 Å². The Bertz CT molecular complexity index is 1010. The van der Waals surface area contributed by atoms with Crippen LogP contribution >= 0.6 is 0 Å². The summed E-state index contributed by atoms with van der Waals surface area (Å²) in [5, 5.41) is 2.56. The number of nitrogens with one attached hydrogen (secondary N) is 2. The van der Waals surface area contributed by atoms with Gasteiger partial charge in [0, 0.05) is 17.7 Å². The highest BCUT2D eigenvalue weighted by atomic mass is 32.2. The summed E-state index contributed by atoms with van der Waals surface area (Å²) in [4.78, 5) is 12.0. The summed E-state index contributed by atoms with van der Waals surface area (Å²) in [6.07, 6.45) is 2.60. The quantitative estimate of drug-likeness (QED) is 0.688. The third-order valence-electron chi connectivity index (χ3n) is 3.96. The fourth-order valence-corrected chi connectivity index (χ4v) is 3.41. The first-order valence-corrected chi connectivity index (χ1v) is 9.71. The fraction of sp³-hybridized carbons (Fsp3) is 0.211. The van der Waals surface area contributed by atoms with E-state index in [-0.39, 0.29) is 16.2 Å². The molecule has 2 N–H and O–H groups in total. The Balaban J connectivity index is 2.17. The van der Waals surface area contributed by atoms with E-state index in [0.717, 1.165) is 12.1 Å². The predicted octanol–water partition coefficient (Wildman–Crippen LogP) is 2.77. The van der Waals surface area contributed by atoms with Crippen molar-refractivity contribution >= 4 is 22.0 Å². The minimum absolute atomic E-state index is 0.0678. The molecule has 150 valence electrons. The lowest BCUT2D eigenvalue weighted by molar-refractivity contribution is -0.117. The number of ether oxygens (including phenoxy) is 1. The van der Waals surface area contributed by atoms with Gasteiger partial charge in [-0.1, -0.05) is 12.1 Å². The Kier molecular flexibility index (Phi) is 6.87. The number of halogens is 2. The summed E-state index contributed by atoms with van der Waals surface area (Å²) in [6, 6.07) is 6.84. The molecule has 0 saturated heterocycles. The second-order valence-corrected chi connectivity index (χ2v) is 7.70. The van der Waals surface area contributed by atoms with Gasteiger partial charge in [-0.25, -0.2) is 21.9 Å². The molecule has 0 aliphatic heterocycles. The first-order chi connectivity index (χ1) is 13.2. The summed E-state index contributed by atoms with van der Waals surface area (Å²) in [5.41, 5.74) is 0.598. The third kappa shape index (κ3) is 5.14. The molecule has 6 nitrogen and oxygen atoms in total. The molecule has 28 heavy (non-hydrogen) atoms. The van der Waals surface area contributed by atoms with Crippen LogP contribution in [0.1, 0.15) is 24.1 Å². The van der Waals surface area contributed by atoms with Crippen LogP contribution in [0.4, 0.5) is 8.78 Å². The second kappa shape index (κ2) is 8.94. The summed E-state index contributed by atoms with van der Waals surface area (Å²) in [7, 11) is -1.12. The molecule has 9 heteroatoms. The molecule has 0 fully saturated rings. The van der Waals surface area contributed by atoms with Crippen LogP contribution in [-0.4, -0.2) is 28.5 Å². The molecule has 1 unspecified atom stereocenters. The number of hydrogen-bond donors (Lipinski definition) is 2. The topological polar surface area (TPSA) is 84.5 Å². The van der Waals surface area contributed by atoms with E-state index in [4.69, 9.17) is 4.74 Å². The molecule has 2 aromatic carbocycles. The van der Waals surface area contributed by atoms with Gasteiger partial charge >= 0.3 is 0 Å². The molecule has 0 radical (unpaired) electrons. The van der Waals surface area contributed by atoms with Crippen molar-refractivity contribution < 1.29 is 26.7 Å². The molecule has 1 atom stereocenters. The van der Waals surface area contributed by atoms with E-state index < -0.39 is 33.6 Å². The highest BCUT2D eigenvalue weighted by molar-refractivity contribution is 7.89. The Morgan fingerprint density at radius 3 is 2.50 bits per heavy atom. The summed E-state index contributed by atoms with van der Waals surface area (Å²) < 4.78 is 58.2. The largest absolute Gasteiger partial charge is 0.495 e. The Hall–Kier alpha value is -2.78. The zero-order valence-electron chi connectivity index (χ0n) is 15.5. The smallest absolute Gasteiger partial charge is 0.244 e. The number of rotatable bonds is 7. The van der Waals surface area contributed by atoms with Gasteiger partial charge in [0.25, 0.3) is 0 Å². The Morgan fingerprint density at radius 2 is 1.89 bits per heavy atom. The minimum atomic E-state index is -3.75. The predicted molar refractivity (Wildman–Crippen MR) is 101 cm³/mol. The van der Waals surface area contributed by atoms with Crippen molar-refractivity contribution in [1.82, 2.24) is 10.0 Å². The van der Waals surface area contributed by atoms with Crippen LogP contribution in [0.5, 0.6) is 5.75 Å². The van der Waals surface area contributed by atoms with Gasteiger partial charge in [-0.15, -0.1) is 0 Å². The van der Waals surface area contributed by atoms with Crippen LogP contribution in [-0.2, 0) is 14.8 Å². The second-order valence-electron chi connectivity index (χ2n) is 5.85. The molecule has 0 heterocycles. The van der Waals surface area contributed by atoms with Gasteiger partial charge in [-0.2, -0.15) is 0 Å². The van der Waals surface area contributed by atoms with E-state index in [1.807, 2.05) is 0 Å². The molecule has 0 aliphatic rings. The third-order valence-corrected chi connectivity index (χ3v) is 5.40. The molecule has 0 saturated carbocycles. The van der Waals surface area contributed by atoms with Crippen molar-refractivity contribution in [2.24, 2.45) is 0 Å². The highest BCUT2D eigenvalue weighted by Crippen LogP contribution is 2.25. The first-order valence-electron chi connectivity index (χ1n) is 8.23. The zero-order chi connectivity index (χ0) is 20.9. The molecule has 0 spiro atoms. The number of carbonyl (C=O) groups is 1. The van der Waals surface area contributed by atoms with E-state index in [1.165, 1.54) is 44.5 Å². The fourth-order valence-electron chi connectivity index (χ4n) is 2.48. The van der Waals surface area contributed by atoms with Crippen LogP contribution in [0.2, 0.25) is 0 Å². The lowest BCUT2D eigenvalue weighted by atomic mass is 10.1. The van der Waals surface area contributed by atoms with Crippen LogP contribution in [0.15, 0.2) is 47.4 Å². The molecular formula is C19H20F2N2O4S. The van der Waals surface area contributed by atoms with E-state index in [0.29, 0.717) is 5.56 Å². The average Bonchev–Trinajstić information content (AvgIpc) is 2.65. The lowest BCUT2D eigenvalue weighted by Gasteiger charge is -2.14. The summed E-state index contributed by atoms with van der Waals surface area (Å²) >= 11 is 0. The summed E-state index contributed by atoms with van der Waals surface area (Å²) in [5.74, 6) is -1.82. The number of amides is 1. The van der Waals surface area contributed by atoms with Crippen molar-refractivity contribution in [2.45, 2.75) is 17.9 Å². The van der Waals surface area contributed by atoms with Crippen molar-refractivity contribution in [3.8, 4) is 5.75 Å². The maximum atomic E-state index is 13.8. The van der Waals surface area contributed by atoms with Gasteiger partial charge in [-0.05, 0) is 43.8 Å². The van der Waals surface area contributed by atoms with Crippen LogP contribution in [0.25, 0.3) is 6.08 Å². The molecule has 0 bridgehead atoms. The van der Waals surface area contributed by atoms with Gasteiger partial charge in [0.2, 0.25) is 15.9 Å². The van der Waals surface area contributed by atoms with Crippen molar-refractivity contribution in [3.05, 3.63) is 65.2 Å². The minimum Gasteiger partial charge on any atom is -0.495 e. The molecule has 1 amide bonds. The maximum absolute atomic E-state index is 13.8. The Labute approximate surface area is 162 Å². The standard InChI is InChI=1S/C19H20F2N2O4S/c1-12(15-7-6-14(20)11-16(15)21)23-19(24)9-5-13-4-8-17(27-3)18(10-13)28(25,26)22-2/h4-12,22H,1-3H3,(H,23,24)/b9-5+. The van der Waals surface area contributed by atoms with Crippen LogP contribution < -0.4 is 14.8 Å². The van der Waals surface area contributed by atoms with Crippen LogP contribution in [0, 0.1) is 11.6 Å². The van der Waals surface area contributed by atoms with Crippen molar-refractivity contribution in [3.63, 3.8) is 0 Å². The Morgan fingerprint density at radius 1 is 1.18 bits per heavy atom. The SMILES string of the molecule is CNS(=O)(=O)c1cc(/C=C/C(=O)NC(C)c2ccc(F)cc2F)ccc1OC. The number of carbonyl (C=O) groups excluding carboxylic acids is 1. The summed E-state index contributed by atoms with van der Waals surface area (Å²) in [6.45, 7) is 1.56. The van der Waals surface area contributed by atoms with Crippen molar-refractivity contribution in [1.29, 1.82) is 0 Å². The number of benzene rings is 2. The number of methoxy groups -OCH3 is 1. The zero-order valence-corrected chi connectivity index (χ0v) is 16.3. The van der Waals surface area contributed by atoms with Crippen LogP contribution in [0.3, 0.4) is 0 Å². The van der Waals surface area contributed by atoms with E-state index in [2.05, 4.69) is 10.0 Å².